The SMILES string of the molecule is COP(=O)(O)OCC(O)C[C@@H](COC(=O)Nc1cc2cc(F)ccc2cn1)N(C)C(=O)NCc1cccc(F)c1Cl. The number of hydrogen-bond donors (Lipinski definition) is 4. The lowest BCUT2D eigenvalue weighted by molar-refractivity contribution is 0.0430. The number of ether oxygens (including phenoxy) is 1. The fourth-order valence-electron chi connectivity index (χ4n) is 3.59. The monoisotopic (exact) mass is 616 g/mol. The molecule has 2 unspecified atom stereocenters. The molecule has 1 aromatic heterocycles. The third-order valence-corrected chi connectivity index (χ3v) is 7.22. The van der Waals surface area contributed by atoms with Gasteiger partial charge in [0, 0.05) is 32.3 Å². The number of hydrogen-bond acceptors (Lipinski definition) is 8. The van der Waals surface area contributed by atoms with Gasteiger partial charge in [0.1, 0.15) is 24.1 Å². The van der Waals surface area contributed by atoms with Crippen molar-refractivity contribution in [2.24, 2.45) is 0 Å². The van der Waals surface area contributed by atoms with Crippen molar-refractivity contribution >= 4 is 48.1 Å². The average Bonchev–Trinajstić information content (AvgIpc) is 2.94. The Balaban J connectivity index is 1.66. The van der Waals surface area contributed by atoms with E-state index in [0.717, 1.165) is 12.0 Å². The molecule has 0 aliphatic rings. The van der Waals surface area contributed by atoms with Crippen LogP contribution in [0.25, 0.3) is 10.8 Å². The number of rotatable bonds is 12. The number of nitrogens with one attached hydrogen (secondary N) is 2. The molecule has 16 heteroatoms. The van der Waals surface area contributed by atoms with Crippen molar-refractivity contribution < 1.29 is 46.7 Å². The highest BCUT2D eigenvalue weighted by Crippen LogP contribution is 2.42. The minimum atomic E-state index is -4.38. The highest BCUT2D eigenvalue weighted by atomic mass is 35.5. The number of carbonyl (C=O) groups is 2. The molecule has 0 fully saturated rings. The first-order valence-electron chi connectivity index (χ1n) is 12.0. The quantitative estimate of drug-likeness (QED) is 0.216. The summed E-state index contributed by atoms with van der Waals surface area (Å²) in [6.45, 7) is -1.19. The molecular weight excluding hydrogens is 589 g/mol. The van der Waals surface area contributed by atoms with Crippen molar-refractivity contribution in [3.05, 3.63) is 70.9 Å². The lowest BCUT2D eigenvalue weighted by atomic mass is 10.1. The first-order valence-corrected chi connectivity index (χ1v) is 13.9. The summed E-state index contributed by atoms with van der Waals surface area (Å²) < 4.78 is 53.1. The first-order chi connectivity index (χ1) is 19.4. The number of aromatic nitrogens is 1. The maximum atomic E-state index is 13.7. The van der Waals surface area contributed by atoms with E-state index in [4.69, 9.17) is 16.3 Å². The molecule has 3 rings (SSSR count). The van der Waals surface area contributed by atoms with Crippen molar-refractivity contribution in [2.75, 3.05) is 32.7 Å². The molecule has 12 nitrogen and oxygen atoms in total. The standard InChI is InChI=1S/C25H28ClF2N4O8P/c1-32(24(34)30-12-16-4-3-5-21(28)23(16)26)19(10-20(33)14-40-41(36,37)38-2)13-39-25(35)31-22-9-17-8-18(27)7-6-15(17)11-29-22/h3-9,11,19-20,33H,10,12-14H2,1-2H3,(H,30,34)(H,36,37)(H,29,31,35)/t19-,20?/m0/s1. The number of phosphoric ester groups is 1. The molecule has 0 saturated carbocycles. The molecule has 1 heterocycles. The van der Waals surface area contributed by atoms with Crippen LogP contribution in [0.4, 0.5) is 24.2 Å². The van der Waals surface area contributed by atoms with Gasteiger partial charge in [-0.1, -0.05) is 23.7 Å². The second-order valence-corrected chi connectivity index (χ2v) is 10.7. The summed E-state index contributed by atoms with van der Waals surface area (Å²) >= 11 is 5.93. The smallest absolute Gasteiger partial charge is 0.447 e. The topological polar surface area (TPSA) is 160 Å². The molecule has 41 heavy (non-hydrogen) atoms. The van der Waals surface area contributed by atoms with Crippen LogP contribution in [-0.4, -0.2) is 71.5 Å². The molecule has 4 N–H and O–H groups in total. The number of phosphoric acid groups is 1. The molecule has 0 radical (unpaired) electrons. The van der Waals surface area contributed by atoms with Gasteiger partial charge in [-0.3, -0.25) is 14.4 Å². The Morgan fingerprint density at radius 1 is 1.17 bits per heavy atom. The minimum absolute atomic E-state index is 0.0782. The number of anilines is 1. The second kappa shape index (κ2) is 14.5. The Kier molecular flexibility index (Phi) is 11.4. The Bertz CT molecular complexity index is 1440. The van der Waals surface area contributed by atoms with Crippen LogP contribution < -0.4 is 10.6 Å². The number of aliphatic hydroxyl groups excluding tert-OH is 1. The van der Waals surface area contributed by atoms with Crippen LogP contribution in [0, 0.1) is 11.6 Å². The Morgan fingerprint density at radius 3 is 2.66 bits per heavy atom. The number of carbonyl (C=O) groups excluding carboxylic acids is 2. The molecule has 3 amide bonds. The summed E-state index contributed by atoms with van der Waals surface area (Å²) in [7, 11) is -2.07. The van der Waals surface area contributed by atoms with Gasteiger partial charge in [0.05, 0.1) is 23.8 Å². The predicted molar refractivity (Wildman–Crippen MR) is 145 cm³/mol. The highest BCUT2D eigenvalue weighted by Gasteiger charge is 2.27. The van der Waals surface area contributed by atoms with Crippen LogP contribution >= 0.6 is 19.4 Å². The summed E-state index contributed by atoms with van der Waals surface area (Å²) in [6, 6.07) is 7.99. The zero-order chi connectivity index (χ0) is 30.2. The van der Waals surface area contributed by atoms with Gasteiger partial charge in [0.2, 0.25) is 0 Å². The zero-order valence-electron chi connectivity index (χ0n) is 21.9. The van der Waals surface area contributed by atoms with E-state index in [1.165, 1.54) is 55.7 Å². The van der Waals surface area contributed by atoms with E-state index in [0.29, 0.717) is 16.3 Å². The summed E-state index contributed by atoms with van der Waals surface area (Å²) in [5.41, 5.74) is 0.315. The van der Waals surface area contributed by atoms with Gasteiger partial charge in [0.25, 0.3) is 0 Å². The molecule has 0 aliphatic carbocycles. The zero-order valence-corrected chi connectivity index (χ0v) is 23.6. The fraction of sp³-hybridized carbons (Fsp3) is 0.320. The van der Waals surface area contributed by atoms with Crippen LogP contribution in [-0.2, 0) is 24.9 Å². The summed E-state index contributed by atoms with van der Waals surface area (Å²) in [4.78, 5) is 39.9. The van der Waals surface area contributed by atoms with Crippen LogP contribution in [0.15, 0.2) is 48.7 Å². The van der Waals surface area contributed by atoms with Crippen LogP contribution in [0.5, 0.6) is 0 Å². The molecule has 0 spiro atoms. The van der Waals surface area contributed by atoms with Crippen molar-refractivity contribution in [3.63, 3.8) is 0 Å². The van der Waals surface area contributed by atoms with E-state index in [1.54, 1.807) is 0 Å². The fourth-order valence-corrected chi connectivity index (χ4v) is 4.25. The van der Waals surface area contributed by atoms with Crippen molar-refractivity contribution in [2.45, 2.75) is 25.1 Å². The Hall–Kier alpha value is -3.39. The number of aliphatic hydroxyl groups is 1. The average molecular weight is 617 g/mol. The second-order valence-electron chi connectivity index (χ2n) is 8.76. The molecule has 3 aromatic rings. The van der Waals surface area contributed by atoms with Gasteiger partial charge >= 0.3 is 19.9 Å². The summed E-state index contributed by atoms with van der Waals surface area (Å²) in [5, 5.41) is 16.3. The lowest BCUT2D eigenvalue weighted by Gasteiger charge is -2.29. The minimum Gasteiger partial charge on any atom is -0.447 e. The maximum Gasteiger partial charge on any atom is 0.471 e. The molecule has 0 bridgehead atoms. The van der Waals surface area contributed by atoms with E-state index in [2.05, 4.69) is 24.7 Å². The highest BCUT2D eigenvalue weighted by molar-refractivity contribution is 7.47. The van der Waals surface area contributed by atoms with E-state index in [1.807, 2.05) is 0 Å². The van der Waals surface area contributed by atoms with Gasteiger partial charge in [0.15, 0.2) is 0 Å². The lowest BCUT2D eigenvalue weighted by Crippen LogP contribution is -2.47. The molecule has 0 aliphatic heterocycles. The first kappa shape index (κ1) is 32.1. The number of halogens is 3. The number of fused-ring (bicyclic) bond motifs is 1. The van der Waals surface area contributed by atoms with E-state index in [-0.39, 0.29) is 23.8 Å². The van der Waals surface area contributed by atoms with Crippen molar-refractivity contribution in [3.8, 4) is 0 Å². The number of benzene rings is 2. The normalized spacial score (nSPS) is 14.1. The van der Waals surface area contributed by atoms with Gasteiger partial charge in [-0.05, 0) is 47.7 Å². The number of urea groups is 1. The largest absolute Gasteiger partial charge is 0.471 e. The number of nitrogens with zero attached hydrogens (tertiary/aromatic N) is 2. The number of amides is 3. The third-order valence-electron chi connectivity index (χ3n) is 5.86. The molecule has 0 saturated heterocycles. The summed E-state index contributed by atoms with van der Waals surface area (Å²) in [6.07, 6.45) is -1.16. The van der Waals surface area contributed by atoms with E-state index < -0.39 is 56.9 Å². The van der Waals surface area contributed by atoms with E-state index >= 15 is 0 Å². The Morgan fingerprint density at radius 2 is 1.93 bits per heavy atom. The molecule has 3 atom stereocenters. The van der Waals surface area contributed by atoms with Gasteiger partial charge in [-0.15, -0.1) is 0 Å². The van der Waals surface area contributed by atoms with Crippen molar-refractivity contribution in [1.29, 1.82) is 0 Å². The third kappa shape index (κ3) is 9.59. The molecule has 2 aromatic carbocycles. The maximum absolute atomic E-state index is 13.7. The van der Waals surface area contributed by atoms with Crippen LogP contribution in [0.3, 0.4) is 0 Å². The van der Waals surface area contributed by atoms with Crippen molar-refractivity contribution in [1.82, 2.24) is 15.2 Å². The van der Waals surface area contributed by atoms with Gasteiger partial charge in [-0.25, -0.2) is 27.9 Å². The van der Waals surface area contributed by atoms with Gasteiger partial charge < -0.3 is 25.0 Å². The molecular formula is C25H28ClF2N4O8P. The number of pyridine rings is 1. The Labute approximate surface area is 238 Å². The van der Waals surface area contributed by atoms with Gasteiger partial charge in [-0.2, -0.15) is 0 Å². The molecule has 222 valence electrons. The van der Waals surface area contributed by atoms with Crippen LogP contribution in [0.1, 0.15) is 12.0 Å². The van der Waals surface area contributed by atoms with Crippen LogP contribution in [0.2, 0.25) is 5.02 Å². The predicted octanol–water partition coefficient (Wildman–Crippen LogP) is 4.44. The number of likely N-dealkylation sites (N-methyl/N-ethyl adjacent to an activating group) is 1. The van der Waals surface area contributed by atoms with E-state index in [9.17, 15) is 32.9 Å². The summed E-state index contributed by atoms with van der Waals surface area (Å²) in [5.74, 6) is -1.04.